The van der Waals surface area contributed by atoms with E-state index in [-0.39, 0.29) is 6.23 Å². The van der Waals surface area contributed by atoms with Crippen LogP contribution in [-0.4, -0.2) is 17.4 Å². The standard InChI is InChI=1S/C10H23NO/c1-6-9(7(2)3)10(12)11-8(4)5/h7-12H,6H2,1-5H3/t9-,10+/m1/s1. The summed E-state index contributed by atoms with van der Waals surface area (Å²) < 4.78 is 0. The van der Waals surface area contributed by atoms with Gasteiger partial charge in [0.05, 0.1) is 0 Å². The number of hydrogen-bond acceptors (Lipinski definition) is 2. The molecule has 0 rings (SSSR count). The Labute approximate surface area is 76.4 Å². The fourth-order valence-corrected chi connectivity index (χ4v) is 1.52. The Hall–Kier alpha value is -0.0800. The van der Waals surface area contributed by atoms with Crippen LogP contribution in [0, 0.1) is 11.8 Å². The highest BCUT2D eigenvalue weighted by Gasteiger charge is 2.20. The molecule has 0 unspecified atom stereocenters. The molecule has 0 aliphatic rings. The molecule has 0 aliphatic carbocycles. The first-order chi connectivity index (χ1) is 5.49. The van der Waals surface area contributed by atoms with E-state index in [9.17, 15) is 5.11 Å². The minimum atomic E-state index is -0.352. The summed E-state index contributed by atoms with van der Waals surface area (Å²) in [5, 5.41) is 12.9. The van der Waals surface area contributed by atoms with Crippen molar-refractivity contribution in [2.45, 2.75) is 53.3 Å². The highest BCUT2D eigenvalue weighted by molar-refractivity contribution is 4.70. The van der Waals surface area contributed by atoms with Gasteiger partial charge in [-0.25, -0.2) is 0 Å². The fraction of sp³-hybridized carbons (Fsp3) is 1.00. The van der Waals surface area contributed by atoms with Crippen LogP contribution in [0.15, 0.2) is 0 Å². The molecule has 2 atom stereocenters. The average molecular weight is 173 g/mol. The lowest BCUT2D eigenvalue weighted by Crippen LogP contribution is -2.41. The van der Waals surface area contributed by atoms with Gasteiger partial charge in [0.2, 0.25) is 0 Å². The lowest BCUT2D eigenvalue weighted by Gasteiger charge is -2.27. The molecular weight excluding hydrogens is 150 g/mol. The molecule has 74 valence electrons. The zero-order chi connectivity index (χ0) is 9.72. The molecule has 0 bridgehead atoms. The van der Waals surface area contributed by atoms with Crippen LogP contribution in [-0.2, 0) is 0 Å². The van der Waals surface area contributed by atoms with E-state index in [0.717, 1.165) is 6.42 Å². The van der Waals surface area contributed by atoms with Crippen LogP contribution < -0.4 is 5.32 Å². The van der Waals surface area contributed by atoms with Gasteiger partial charge in [-0.3, -0.25) is 5.32 Å². The van der Waals surface area contributed by atoms with Gasteiger partial charge < -0.3 is 5.11 Å². The SMILES string of the molecule is CC[C@H](C(C)C)[C@H](O)NC(C)C. The largest absolute Gasteiger partial charge is 0.378 e. The molecule has 0 aromatic carbocycles. The number of rotatable bonds is 5. The van der Waals surface area contributed by atoms with Crippen molar-refractivity contribution in [1.82, 2.24) is 5.32 Å². The van der Waals surface area contributed by atoms with Gasteiger partial charge in [0.1, 0.15) is 6.23 Å². The summed E-state index contributed by atoms with van der Waals surface area (Å²) in [6, 6.07) is 0.354. The topological polar surface area (TPSA) is 32.3 Å². The van der Waals surface area contributed by atoms with Crippen molar-refractivity contribution in [2.24, 2.45) is 11.8 Å². The number of hydrogen-bond donors (Lipinski definition) is 2. The second-order valence-electron chi connectivity index (χ2n) is 4.08. The van der Waals surface area contributed by atoms with E-state index in [4.69, 9.17) is 0 Å². The van der Waals surface area contributed by atoms with Crippen LogP contribution in [0.5, 0.6) is 0 Å². The van der Waals surface area contributed by atoms with Gasteiger partial charge in [-0.2, -0.15) is 0 Å². The molecule has 0 saturated heterocycles. The molecule has 0 saturated carbocycles. The van der Waals surface area contributed by atoms with E-state index in [1.165, 1.54) is 0 Å². The molecule has 0 fully saturated rings. The molecule has 2 N–H and O–H groups in total. The van der Waals surface area contributed by atoms with Gasteiger partial charge in [-0.1, -0.05) is 20.8 Å². The molecule has 12 heavy (non-hydrogen) atoms. The maximum Gasteiger partial charge on any atom is 0.108 e. The van der Waals surface area contributed by atoms with Crippen LogP contribution in [0.2, 0.25) is 0 Å². The Morgan fingerprint density at radius 3 is 1.92 bits per heavy atom. The normalized spacial score (nSPS) is 17.0. The Kier molecular flexibility index (Phi) is 5.51. The molecule has 0 spiro atoms. The lowest BCUT2D eigenvalue weighted by molar-refractivity contribution is 0.0426. The predicted octanol–water partition coefficient (Wildman–Crippen LogP) is 1.98. The van der Waals surface area contributed by atoms with Crippen molar-refractivity contribution in [3.8, 4) is 0 Å². The van der Waals surface area contributed by atoms with Gasteiger partial charge in [0.25, 0.3) is 0 Å². The summed E-state index contributed by atoms with van der Waals surface area (Å²) >= 11 is 0. The van der Waals surface area contributed by atoms with Crippen molar-refractivity contribution < 1.29 is 5.11 Å². The summed E-state index contributed by atoms with van der Waals surface area (Å²) in [6.07, 6.45) is 0.674. The molecule has 0 aliphatic heterocycles. The number of nitrogens with one attached hydrogen (secondary N) is 1. The summed E-state index contributed by atoms with van der Waals surface area (Å²) in [7, 11) is 0. The third-order valence-corrected chi connectivity index (χ3v) is 2.24. The first-order valence-corrected chi connectivity index (χ1v) is 4.93. The zero-order valence-corrected chi connectivity index (χ0v) is 8.96. The highest BCUT2D eigenvalue weighted by atomic mass is 16.3. The van der Waals surface area contributed by atoms with E-state index >= 15 is 0 Å². The molecule has 0 amide bonds. The second-order valence-corrected chi connectivity index (χ2v) is 4.08. The third kappa shape index (κ3) is 4.07. The first kappa shape index (κ1) is 11.9. The van der Waals surface area contributed by atoms with Gasteiger partial charge in [0, 0.05) is 12.0 Å². The Balaban J connectivity index is 3.94. The maximum absolute atomic E-state index is 9.74. The Morgan fingerprint density at radius 2 is 1.67 bits per heavy atom. The Bertz CT molecular complexity index is 112. The minimum absolute atomic E-state index is 0.352. The van der Waals surface area contributed by atoms with Gasteiger partial charge in [0.15, 0.2) is 0 Å². The molecule has 2 nitrogen and oxygen atoms in total. The fourth-order valence-electron chi connectivity index (χ4n) is 1.52. The monoisotopic (exact) mass is 173 g/mol. The number of aliphatic hydroxyl groups is 1. The third-order valence-electron chi connectivity index (χ3n) is 2.24. The van der Waals surface area contributed by atoms with Crippen molar-refractivity contribution in [2.75, 3.05) is 0 Å². The van der Waals surface area contributed by atoms with E-state index in [0.29, 0.717) is 17.9 Å². The van der Waals surface area contributed by atoms with Crippen LogP contribution in [0.1, 0.15) is 41.0 Å². The summed E-state index contributed by atoms with van der Waals surface area (Å²) in [5.74, 6) is 0.906. The number of aliphatic hydroxyl groups excluding tert-OH is 1. The van der Waals surface area contributed by atoms with E-state index in [1.807, 2.05) is 0 Å². The second kappa shape index (κ2) is 5.55. The van der Waals surface area contributed by atoms with Crippen LogP contribution in [0.25, 0.3) is 0 Å². The molecule has 0 aromatic rings. The van der Waals surface area contributed by atoms with E-state index in [1.54, 1.807) is 0 Å². The lowest BCUT2D eigenvalue weighted by atomic mass is 9.91. The van der Waals surface area contributed by atoms with Crippen LogP contribution in [0.4, 0.5) is 0 Å². The van der Waals surface area contributed by atoms with Crippen molar-refractivity contribution in [3.63, 3.8) is 0 Å². The van der Waals surface area contributed by atoms with Crippen LogP contribution >= 0.6 is 0 Å². The smallest absolute Gasteiger partial charge is 0.108 e. The van der Waals surface area contributed by atoms with Crippen LogP contribution in [0.3, 0.4) is 0 Å². The predicted molar refractivity (Wildman–Crippen MR) is 52.9 cm³/mol. The maximum atomic E-state index is 9.74. The molecule has 0 heterocycles. The van der Waals surface area contributed by atoms with E-state index < -0.39 is 0 Å². The van der Waals surface area contributed by atoms with Crippen molar-refractivity contribution >= 4 is 0 Å². The molecule has 0 aromatic heterocycles. The van der Waals surface area contributed by atoms with Crippen molar-refractivity contribution in [3.05, 3.63) is 0 Å². The van der Waals surface area contributed by atoms with Gasteiger partial charge in [-0.15, -0.1) is 0 Å². The highest BCUT2D eigenvalue weighted by Crippen LogP contribution is 2.17. The molecule has 0 radical (unpaired) electrons. The Morgan fingerprint density at radius 1 is 1.17 bits per heavy atom. The molecule has 2 heteroatoms. The summed E-state index contributed by atoms with van der Waals surface area (Å²) in [4.78, 5) is 0. The quantitative estimate of drug-likeness (QED) is 0.623. The first-order valence-electron chi connectivity index (χ1n) is 4.93. The summed E-state index contributed by atoms with van der Waals surface area (Å²) in [5.41, 5.74) is 0. The molecular formula is C10H23NO. The van der Waals surface area contributed by atoms with Crippen molar-refractivity contribution in [1.29, 1.82) is 0 Å². The van der Waals surface area contributed by atoms with E-state index in [2.05, 4.69) is 39.9 Å². The van der Waals surface area contributed by atoms with Gasteiger partial charge >= 0.3 is 0 Å². The van der Waals surface area contributed by atoms with Gasteiger partial charge in [-0.05, 0) is 26.2 Å². The summed E-state index contributed by atoms with van der Waals surface area (Å²) in [6.45, 7) is 10.5. The minimum Gasteiger partial charge on any atom is -0.378 e. The zero-order valence-electron chi connectivity index (χ0n) is 8.96. The average Bonchev–Trinajstić information content (AvgIpc) is 1.85.